The van der Waals surface area contributed by atoms with E-state index in [1.807, 2.05) is 30.6 Å². The number of rotatable bonds is 3. The van der Waals surface area contributed by atoms with E-state index in [1.165, 1.54) is 70.8 Å². The van der Waals surface area contributed by atoms with Crippen molar-refractivity contribution in [3.8, 4) is 0 Å². The molecule has 1 aliphatic carbocycles. The summed E-state index contributed by atoms with van der Waals surface area (Å²) in [4.78, 5) is 4.01. The second-order valence-corrected chi connectivity index (χ2v) is 8.97. The smallest absolute Gasteiger partial charge is 0.0346 e. The highest BCUT2D eigenvalue weighted by molar-refractivity contribution is 6.08. The lowest BCUT2D eigenvalue weighted by molar-refractivity contribution is 0.503. The first-order valence-electron chi connectivity index (χ1n) is 12.1. The predicted octanol–water partition coefficient (Wildman–Crippen LogP) is 8.84. The van der Waals surface area contributed by atoms with Crippen LogP contribution in [0.4, 0.5) is 0 Å². The molecule has 0 amide bonds. The maximum atomic E-state index is 4.01. The average molecular weight is 418 g/mol. The Hall–Kier alpha value is -3.19. The summed E-state index contributed by atoms with van der Waals surface area (Å²) in [7, 11) is 0. The quantitative estimate of drug-likeness (QED) is 0.267. The third-order valence-electron chi connectivity index (χ3n) is 6.95. The van der Waals surface area contributed by atoms with Gasteiger partial charge in [0.05, 0.1) is 0 Å². The summed E-state index contributed by atoms with van der Waals surface area (Å²) >= 11 is 0. The van der Waals surface area contributed by atoms with Crippen molar-refractivity contribution in [2.75, 3.05) is 0 Å². The number of nitrogens with zero attached hydrogens (tertiary/aromatic N) is 1. The van der Waals surface area contributed by atoms with Crippen LogP contribution in [0.3, 0.4) is 0 Å². The van der Waals surface area contributed by atoms with Crippen LogP contribution in [0, 0.1) is 0 Å². The number of hydrogen-bond acceptors (Lipinski definition) is 1. The summed E-state index contributed by atoms with van der Waals surface area (Å²) in [5.41, 5.74) is 3.28. The van der Waals surface area contributed by atoms with Crippen molar-refractivity contribution < 1.29 is 0 Å². The number of benzene rings is 4. The minimum absolute atomic E-state index is 0.791. The lowest BCUT2D eigenvalue weighted by Crippen LogP contribution is -2.10. The fourth-order valence-electron chi connectivity index (χ4n) is 5.29. The second kappa shape index (κ2) is 9.53. The van der Waals surface area contributed by atoms with E-state index in [-0.39, 0.29) is 0 Å². The number of hydrogen-bond donors (Lipinski definition) is 0. The molecule has 0 fully saturated rings. The van der Waals surface area contributed by atoms with Crippen molar-refractivity contribution in [3.05, 3.63) is 102 Å². The number of aryl methyl sites for hydroxylation is 1. The molecule has 1 nitrogen and oxygen atoms in total. The fourth-order valence-corrected chi connectivity index (χ4v) is 5.29. The van der Waals surface area contributed by atoms with Crippen molar-refractivity contribution in [2.24, 2.45) is 0 Å². The topological polar surface area (TPSA) is 12.9 Å². The molecule has 1 unspecified atom stereocenters. The Balaban J connectivity index is 0.000000180. The van der Waals surface area contributed by atoms with E-state index < -0.39 is 0 Å². The average Bonchev–Trinajstić information content (AvgIpc) is 2.87. The molecule has 6 rings (SSSR count). The first-order chi connectivity index (χ1) is 15.8. The van der Waals surface area contributed by atoms with Crippen LogP contribution in [0.25, 0.3) is 32.3 Å². The van der Waals surface area contributed by atoms with Gasteiger partial charge in [-0.25, -0.2) is 0 Å². The Morgan fingerprint density at radius 2 is 1.53 bits per heavy atom. The van der Waals surface area contributed by atoms with Gasteiger partial charge in [-0.2, -0.15) is 0 Å². The maximum absolute atomic E-state index is 4.01. The molecule has 1 aromatic heterocycles. The van der Waals surface area contributed by atoms with Gasteiger partial charge in [0.25, 0.3) is 0 Å². The van der Waals surface area contributed by atoms with Gasteiger partial charge in [-0.15, -0.1) is 0 Å². The second-order valence-electron chi connectivity index (χ2n) is 8.97. The Morgan fingerprint density at radius 3 is 2.38 bits per heavy atom. The third kappa shape index (κ3) is 4.12. The van der Waals surface area contributed by atoms with Gasteiger partial charge in [-0.3, -0.25) is 4.98 Å². The summed E-state index contributed by atoms with van der Waals surface area (Å²) in [6.07, 6.45) is 11.7. The molecule has 1 aliphatic rings. The zero-order chi connectivity index (χ0) is 21.8. The zero-order valence-corrected chi connectivity index (χ0v) is 18.9. The van der Waals surface area contributed by atoms with Crippen molar-refractivity contribution in [3.63, 3.8) is 0 Å². The molecule has 0 bridgehead atoms. The van der Waals surface area contributed by atoms with E-state index in [1.54, 1.807) is 11.1 Å². The first-order valence-corrected chi connectivity index (χ1v) is 12.1. The number of pyridine rings is 1. The Labute approximate surface area is 191 Å². The highest BCUT2D eigenvalue weighted by Crippen LogP contribution is 2.40. The number of unbranched alkanes of at least 4 members (excludes halogenated alkanes) is 1. The maximum Gasteiger partial charge on any atom is 0.0346 e. The summed E-state index contributed by atoms with van der Waals surface area (Å²) in [6, 6.07) is 28.4. The molecule has 4 aromatic carbocycles. The van der Waals surface area contributed by atoms with Crippen LogP contribution < -0.4 is 0 Å². The molecular weight excluding hydrogens is 386 g/mol. The number of aromatic nitrogens is 1. The Bertz CT molecular complexity index is 1290. The monoisotopic (exact) mass is 417 g/mol. The lowest BCUT2D eigenvalue weighted by Gasteiger charge is -2.27. The van der Waals surface area contributed by atoms with Gasteiger partial charge in [0.15, 0.2) is 0 Å². The van der Waals surface area contributed by atoms with Gasteiger partial charge in [-0.05, 0) is 81.1 Å². The van der Waals surface area contributed by atoms with Gasteiger partial charge < -0.3 is 0 Å². The van der Waals surface area contributed by atoms with E-state index in [2.05, 4.69) is 72.6 Å². The van der Waals surface area contributed by atoms with Crippen LogP contribution in [0.5, 0.6) is 0 Å². The zero-order valence-electron chi connectivity index (χ0n) is 18.9. The normalized spacial score (nSPS) is 15.3. The highest BCUT2D eigenvalue weighted by atomic mass is 14.6. The van der Waals surface area contributed by atoms with Crippen molar-refractivity contribution >= 4 is 32.3 Å². The van der Waals surface area contributed by atoms with Crippen LogP contribution in [0.2, 0.25) is 0 Å². The van der Waals surface area contributed by atoms with E-state index in [0.717, 1.165) is 5.92 Å². The molecule has 0 spiro atoms. The predicted molar refractivity (Wildman–Crippen MR) is 138 cm³/mol. The van der Waals surface area contributed by atoms with Crippen LogP contribution in [-0.4, -0.2) is 4.98 Å². The van der Waals surface area contributed by atoms with E-state index in [9.17, 15) is 0 Å². The molecule has 1 atom stereocenters. The van der Waals surface area contributed by atoms with Gasteiger partial charge in [0.2, 0.25) is 0 Å². The minimum atomic E-state index is 0.791. The van der Waals surface area contributed by atoms with Crippen molar-refractivity contribution in [1.82, 2.24) is 4.98 Å². The first kappa shape index (κ1) is 20.7. The molecule has 0 saturated carbocycles. The van der Waals surface area contributed by atoms with E-state index >= 15 is 0 Å². The number of fused-ring (bicyclic) bond motifs is 6. The van der Waals surface area contributed by atoms with Gasteiger partial charge >= 0.3 is 0 Å². The van der Waals surface area contributed by atoms with Gasteiger partial charge in [-0.1, -0.05) is 92.6 Å². The van der Waals surface area contributed by atoms with Crippen LogP contribution in [0.1, 0.15) is 56.1 Å². The molecule has 32 heavy (non-hydrogen) atoms. The standard InChI is InChI=1S/C22H24.C9H7N/c1-2-3-7-16-9-6-11-20-19(16)14-15-21-18-10-5-4-8-17(18)12-13-22(20)21;1-2-4-9-7-10-6-5-8(9)3-1/h4-5,8,10,12-16H,2-3,6-7,9,11H2,1H3;1-7H. The summed E-state index contributed by atoms with van der Waals surface area (Å²) in [6.45, 7) is 2.30. The van der Waals surface area contributed by atoms with E-state index in [4.69, 9.17) is 0 Å². The lowest BCUT2D eigenvalue weighted by atomic mass is 9.78. The molecule has 160 valence electrons. The molecule has 0 aliphatic heterocycles. The third-order valence-corrected chi connectivity index (χ3v) is 6.95. The fraction of sp³-hybridized carbons (Fsp3) is 0.258. The van der Waals surface area contributed by atoms with Gasteiger partial charge in [0, 0.05) is 12.4 Å². The van der Waals surface area contributed by atoms with Crippen LogP contribution in [-0.2, 0) is 6.42 Å². The summed E-state index contributed by atoms with van der Waals surface area (Å²) in [5.74, 6) is 0.791. The molecule has 5 aromatic rings. The minimum Gasteiger partial charge on any atom is -0.264 e. The Kier molecular flexibility index (Phi) is 6.16. The molecule has 1 heterocycles. The largest absolute Gasteiger partial charge is 0.264 e. The van der Waals surface area contributed by atoms with Gasteiger partial charge in [0.1, 0.15) is 0 Å². The molecule has 0 N–H and O–H groups in total. The van der Waals surface area contributed by atoms with E-state index in [0.29, 0.717) is 0 Å². The van der Waals surface area contributed by atoms with Crippen LogP contribution >= 0.6 is 0 Å². The summed E-state index contributed by atoms with van der Waals surface area (Å²) in [5, 5.41) is 8.14. The highest BCUT2D eigenvalue weighted by Gasteiger charge is 2.21. The molecule has 0 saturated heterocycles. The van der Waals surface area contributed by atoms with Crippen LogP contribution in [0.15, 0.2) is 91.3 Å². The SMILES string of the molecule is CCCCC1CCCc2c1ccc1c2ccc2ccccc21.c1ccc2cnccc2c1. The van der Waals surface area contributed by atoms with Crippen molar-refractivity contribution in [1.29, 1.82) is 0 Å². The molecular formula is C31H31N. The molecule has 0 radical (unpaired) electrons. The molecule has 1 heteroatoms. The Morgan fingerprint density at radius 1 is 0.750 bits per heavy atom. The van der Waals surface area contributed by atoms with Crippen molar-refractivity contribution in [2.45, 2.75) is 51.4 Å². The summed E-state index contributed by atoms with van der Waals surface area (Å²) < 4.78 is 0.